The number of hydrazone groups is 1. The minimum Gasteiger partial charge on any atom is -0.457 e. The Morgan fingerprint density at radius 2 is 1.46 bits per heavy atom. The normalized spacial score (nSPS) is 10.8. The lowest BCUT2D eigenvalue weighted by molar-refractivity contribution is 0.482. The van der Waals surface area contributed by atoms with E-state index >= 15 is 0 Å². The molecule has 0 saturated heterocycles. The Labute approximate surface area is 150 Å². The topological polar surface area (TPSA) is 33.6 Å². The number of hydrogen-bond donors (Lipinski definition) is 1. The van der Waals surface area contributed by atoms with Crippen molar-refractivity contribution >= 4 is 35.1 Å². The summed E-state index contributed by atoms with van der Waals surface area (Å²) in [5.41, 5.74) is 4.72. The van der Waals surface area contributed by atoms with Gasteiger partial charge in [-0.15, -0.1) is 0 Å². The molecule has 0 fully saturated rings. The number of nitrogens with zero attached hydrogens (tertiary/aromatic N) is 1. The molecule has 0 atom stereocenters. The van der Waals surface area contributed by atoms with Gasteiger partial charge in [0.2, 0.25) is 0 Å². The average Bonchev–Trinajstić information content (AvgIpc) is 2.59. The van der Waals surface area contributed by atoms with Crippen molar-refractivity contribution in [2.75, 3.05) is 5.43 Å². The molecule has 3 rings (SSSR count). The van der Waals surface area contributed by atoms with Gasteiger partial charge in [0.15, 0.2) is 0 Å². The zero-order chi connectivity index (χ0) is 16.8. The molecule has 3 aromatic carbocycles. The maximum Gasteiger partial charge on any atom is 0.127 e. The van der Waals surface area contributed by atoms with E-state index in [1.54, 1.807) is 18.3 Å². The van der Waals surface area contributed by atoms with Gasteiger partial charge in [-0.05, 0) is 72.3 Å². The Bertz CT molecular complexity index is 831. The molecular weight excluding hydrogens is 343 g/mol. The highest BCUT2D eigenvalue weighted by Crippen LogP contribution is 2.23. The Morgan fingerprint density at radius 3 is 2.12 bits per heavy atom. The molecule has 0 amide bonds. The van der Waals surface area contributed by atoms with Crippen LogP contribution in [0.3, 0.4) is 0 Å². The molecule has 5 heteroatoms. The number of ether oxygens (including phenoxy) is 1. The number of halogens is 2. The predicted molar refractivity (Wildman–Crippen MR) is 101 cm³/mol. The Morgan fingerprint density at radius 1 is 0.792 bits per heavy atom. The molecule has 120 valence electrons. The molecule has 0 aliphatic rings. The fraction of sp³-hybridized carbons (Fsp3) is 0. The van der Waals surface area contributed by atoms with E-state index in [1.165, 1.54) is 0 Å². The molecule has 3 nitrogen and oxygen atoms in total. The maximum absolute atomic E-state index is 5.92. The summed E-state index contributed by atoms with van der Waals surface area (Å²) in [6.45, 7) is 0. The summed E-state index contributed by atoms with van der Waals surface area (Å²) in [5.74, 6) is 1.49. The van der Waals surface area contributed by atoms with Crippen molar-refractivity contribution in [2.45, 2.75) is 0 Å². The van der Waals surface area contributed by atoms with Crippen LogP contribution in [0.5, 0.6) is 11.5 Å². The molecule has 0 aliphatic carbocycles. The maximum atomic E-state index is 5.92. The summed E-state index contributed by atoms with van der Waals surface area (Å²) in [6, 6.07) is 22.2. The van der Waals surface area contributed by atoms with E-state index < -0.39 is 0 Å². The quantitative estimate of drug-likeness (QED) is 0.434. The van der Waals surface area contributed by atoms with Crippen molar-refractivity contribution in [3.63, 3.8) is 0 Å². The molecule has 1 N–H and O–H groups in total. The van der Waals surface area contributed by atoms with Gasteiger partial charge in [-0.1, -0.05) is 29.3 Å². The van der Waals surface area contributed by atoms with Gasteiger partial charge in [-0.25, -0.2) is 0 Å². The Balaban J connectivity index is 1.59. The van der Waals surface area contributed by atoms with Gasteiger partial charge in [0.1, 0.15) is 11.5 Å². The molecule has 3 aromatic rings. The SMILES string of the molecule is Clc1ccc(Oc2ccc(C=NNc3cccc(Cl)c3)cc2)cc1. The lowest BCUT2D eigenvalue weighted by Gasteiger charge is -2.05. The van der Waals surface area contributed by atoms with Crippen molar-refractivity contribution < 1.29 is 4.74 Å². The molecule has 0 heterocycles. The van der Waals surface area contributed by atoms with Crippen molar-refractivity contribution in [1.29, 1.82) is 0 Å². The highest BCUT2D eigenvalue weighted by Gasteiger charge is 1.98. The van der Waals surface area contributed by atoms with Crippen LogP contribution in [-0.4, -0.2) is 6.21 Å². The highest BCUT2D eigenvalue weighted by molar-refractivity contribution is 6.31. The molecule has 0 radical (unpaired) electrons. The minimum absolute atomic E-state index is 0.666. The summed E-state index contributed by atoms with van der Waals surface area (Å²) in [6.07, 6.45) is 1.73. The van der Waals surface area contributed by atoms with Crippen LogP contribution in [0.15, 0.2) is 77.9 Å². The largest absolute Gasteiger partial charge is 0.457 e. The molecule has 0 aromatic heterocycles. The van der Waals surface area contributed by atoms with Crippen LogP contribution >= 0.6 is 23.2 Å². The van der Waals surface area contributed by atoms with Crippen molar-refractivity contribution in [3.8, 4) is 11.5 Å². The fourth-order valence-corrected chi connectivity index (χ4v) is 2.32. The van der Waals surface area contributed by atoms with E-state index in [0.29, 0.717) is 10.0 Å². The first kappa shape index (κ1) is 16.4. The Hall–Kier alpha value is -2.49. The molecule has 0 saturated carbocycles. The predicted octanol–water partition coefficient (Wildman–Crippen LogP) is 6.23. The van der Waals surface area contributed by atoms with Gasteiger partial charge < -0.3 is 4.74 Å². The monoisotopic (exact) mass is 356 g/mol. The van der Waals surface area contributed by atoms with Gasteiger partial charge in [-0.2, -0.15) is 5.10 Å². The third-order valence-electron chi connectivity index (χ3n) is 3.16. The van der Waals surface area contributed by atoms with Crippen LogP contribution in [0.25, 0.3) is 0 Å². The number of hydrogen-bond acceptors (Lipinski definition) is 3. The van der Waals surface area contributed by atoms with Crippen LogP contribution in [0, 0.1) is 0 Å². The summed E-state index contributed by atoms with van der Waals surface area (Å²) < 4.78 is 5.74. The smallest absolute Gasteiger partial charge is 0.127 e. The van der Waals surface area contributed by atoms with Gasteiger partial charge in [-0.3, -0.25) is 5.43 Å². The summed E-state index contributed by atoms with van der Waals surface area (Å²) in [5, 5.41) is 5.53. The zero-order valence-electron chi connectivity index (χ0n) is 12.6. The average molecular weight is 357 g/mol. The van der Waals surface area contributed by atoms with Crippen molar-refractivity contribution in [1.82, 2.24) is 0 Å². The number of nitrogens with one attached hydrogen (secondary N) is 1. The third-order valence-corrected chi connectivity index (χ3v) is 3.65. The molecule has 24 heavy (non-hydrogen) atoms. The summed E-state index contributed by atoms with van der Waals surface area (Å²) in [7, 11) is 0. The van der Waals surface area contributed by atoms with Crippen LogP contribution in [0.1, 0.15) is 5.56 Å². The first-order chi connectivity index (χ1) is 11.7. The molecular formula is C19H14Cl2N2O. The van der Waals surface area contributed by atoms with Crippen LogP contribution in [0.2, 0.25) is 10.0 Å². The number of anilines is 1. The number of benzene rings is 3. The number of rotatable bonds is 5. The Kier molecular flexibility index (Phi) is 5.36. The van der Waals surface area contributed by atoms with Gasteiger partial charge in [0.05, 0.1) is 11.9 Å². The van der Waals surface area contributed by atoms with E-state index in [2.05, 4.69) is 10.5 Å². The molecule has 0 aliphatic heterocycles. The fourth-order valence-electron chi connectivity index (χ4n) is 2.00. The third kappa shape index (κ3) is 4.75. The summed E-state index contributed by atoms with van der Waals surface area (Å²) >= 11 is 11.8. The van der Waals surface area contributed by atoms with Crippen LogP contribution in [0.4, 0.5) is 5.69 Å². The standard InChI is InChI=1S/C19H14Cl2N2O/c20-15-6-10-19(11-7-15)24-18-8-4-14(5-9-18)13-22-23-17-3-1-2-16(21)12-17/h1-13,23H. The van der Waals surface area contributed by atoms with E-state index in [4.69, 9.17) is 27.9 Å². The second-order valence-electron chi connectivity index (χ2n) is 5.01. The first-order valence-corrected chi connectivity index (χ1v) is 8.03. The lowest BCUT2D eigenvalue weighted by atomic mass is 10.2. The van der Waals surface area contributed by atoms with Crippen molar-refractivity contribution in [3.05, 3.63) is 88.4 Å². The van der Waals surface area contributed by atoms with Gasteiger partial charge in [0, 0.05) is 10.0 Å². The minimum atomic E-state index is 0.666. The second-order valence-corrected chi connectivity index (χ2v) is 5.88. The van der Waals surface area contributed by atoms with E-state index in [0.717, 1.165) is 22.7 Å². The van der Waals surface area contributed by atoms with Crippen LogP contribution in [-0.2, 0) is 0 Å². The van der Waals surface area contributed by atoms with E-state index in [-0.39, 0.29) is 0 Å². The lowest BCUT2D eigenvalue weighted by Crippen LogP contribution is -1.90. The zero-order valence-corrected chi connectivity index (χ0v) is 14.1. The first-order valence-electron chi connectivity index (χ1n) is 7.27. The summed E-state index contributed by atoms with van der Waals surface area (Å²) in [4.78, 5) is 0. The second kappa shape index (κ2) is 7.86. The molecule has 0 unspecified atom stereocenters. The van der Waals surface area contributed by atoms with Gasteiger partial charge in [0.25, 0.3) is 0 Å². The molecule has 0 bridgehead atoms. The van der Waals surface area contributed by atoms with Gasteiger partial charge >= 0.3 is 0 Å². The van der Waals surface area contributed by atoms with E-state index in [9.17, 15) is 0 Å². The van der Waals surface area contributed by atoms with Crippen LogP contribution < -0.4 is 10.2 Å². The van der Waals surface area contributed by atoms with E-state index in [1.807, 2.05) is 60.7 Å². The molecule has 0 spiro atoms. The highest BCUT2D eigenvalue weighted by atomic mass is 35.5. The van der Waals surface area contributed by atoms with Crippen molar-refractivity contribution in [2.24, 2.45) is 5.10 Å².